The maximum absolute atomic E-state index is 14.9. The monoisotopic (exact) mass is 479 g/mol. The minimum Gasteiger partial charge on any atom is -0.496 e. The molecule has 35 heavy (non-hydrogen) atoms. The second kappa shape index (κ2) is 8.91. The average Bonchev–Trinajstić information content (AvgIpc) is 3.44. The lowest BCUT2D eigenvalue weighted by molar-refractivity contribution is 0.102. The third-order valence-electron chi connectivity index (χ3n) is 5.93. The van der Waals surface area contributed by atoms with Crippen LogP contribution in [0, 0.1) is 11.6 Å². The summed E-state index contributed by atoms with van der Waals surface area (Å²) in [4.78, 5) is 23.6. The fourth-order valence-electron chi connectivity index (χ4n) is 4.36. The van der Waals surface area contributed by atoms with Crippen molar-refractivity contribution in [2.45, 2.75) is 12.5 Å². The third kappa shape index (κ3) is 4.14. The largest absolute Gasteiger partial charge is 0.496 e. The third-order valence-corrected chi connectivity index (χ3v) is 5.93. The van der Waals surface area contributed by atoms with Gasteiger partial charge in [0.1, 0.15) is 22.8 Å². The predicted molar refractivity (Wildman–Crippen MR) is 127 cm³/mol. The molecule has 5 rings (SSSR count). The molecular weight excluding hydrogens is 456 g/mol. The molecule has 3 N–H and O–H groups in total. The SMILES string of the molecule is COc1cccc(F)c1-c1nccc(C(=O)Nc2cc(F)c3nn(C)cc3c2N2CC[C@@H](N)C2)n1. The van der Waals surface area contributed by atoms with Crippen molar-refractivity contribution in [2.75, 3.05) is 30.4 Å². The van der Waals surface area contributed by atoms with E-state index in [-0.39, 0.29) is 40.1 Å². The Labute approximate surface area is 199 Å². The molecule has 180 valence electrons. The maximum Gasteiger partial charge on any atom is 0.274 e. The average molecular weight is 479 g/mol. The van der Waals surface area contributed by atoms with Crippen LogP contribution in [-0.2, 0) is 7.05 Å². The van der Waals surface area contributed by atoms with E-state index in [1.165, 1.54) is 42.3 Å². The first kappa shape index (κ1) is 22.7. The summed E-state index contributed by atoms with van der Waals surface area (Å²) in [6.45, 7) is 1.22. The molecule has 1 aliphatic heterocycles. The van der Waals surface area contributed by atoms with Crippen molar-refractivity contribution in [1.29, 1.82) is 0 Å². The summed E-state index contributed by atoms with van der Waals surface area (Å²) in [6.07, 6.45) is 3.83. The molecule has 0 saturated carbocycles. The van der Waals surface area contributed by atoms with Crippen molar-refractivity contribution in [1.82, 2.24) is 19.7 Å². The van der Waals surface area contributed by atoms with Gasteiger partial charge in [-0.05, 0) is 24.6 Å². The number of hydrogen-bond acceptors (Lipinski definition) is 7. The van der Waals surface area contributed by atoms with Gasteiger partial charge in [0.05, 0.1) is 24.0 Å². The number of nitrogens with zero attached hydrogens (tertiary/aromatic N) is 5. The van der Waals surface area contributed by atoms with Crippen molar-refractivity contribution in [3.63, 3.8) is 0 Å². The number of benzene rings is 2. The van der Waals surface area contributed by atoms with Gasteiger partial charge in [0.2, 0.25) is 0 Å². The summed E-state index contributed by atoms with van der Waals surface area (Å²) in [5, 5.41) is 7.55. The van der Waals surface area contributed by atoms with Gasteiger partial charge in [-0.15, -0.1) is 0 Å². The second-order valence-electron chi connectivity index (χ2n) is 8.35. The van der Waals surface area contributed by atoms with Gasteiger partial charge in [0.15, 0.2) is 11.6 Å². The molecule has 2 aromatic heterocycles. The topological polar surface area (TPSA) is 111 Å². The molecule has 2 aromatic carbocycles. The van der Waals surface area contributed by atoms with Gasteiger partial charge in [0, 0.05) is 50.0 Å². The maximum atomic E-state index is 14.9. The van der Waals surface area contributed by atoms with Gasteiger partial charge in [-0.3, -0.25) is 9.48 Å². The number of anilines is 2. The van der Waals surface area contributed by atoms with Crippen LogP contribution in [0.25, 0.3) is 22.3 Å². The zero-order valence-electron chi connectivity index (χ0n) is 19.1. The lowest BCUT2D eigenvalue weighted by Gasteiger charge is -2.23. The number of fused-ring (bicyclic) bond motifs is 1. The molecule has 1 amide bonds. The zero-order valence-corrected chi connectivity index (χ0v) is 19.1. The number of amides is 1. The van der Waals surface area contributed by atoms with Crippen LogP contribution in [0.15, 0.2) is 42.7 Å². The first-order valence-corrected chi connectivity index (χ1v) is 11.0. The number of carbonyl (C=O) groups excluding carboxylic acids is 1. The lowest BCUT2D eigenvalue weighted by atomic mass is 10.1. The van der Waals surface area contributed by atoms with Gasteiger partial charge >= 0.3 is 0 Å². The molecule has 11 heteroatoms. The number of aromatic nitrogens is 4. The van der Waals surface area contributed by atoms with E-state index in [0.29, 0.717) is 24.2 Å². The van der Waals surface area contributed by atoms with Crippen LogP contribution in [-0.4, -0.2) is 51.9 Å². The smallest absolute Gasteiger partial charge is 0.274 e. The number of nitrogens with two attached hydrogens (primary N) is 1. The van der Waals surface area contributed by atoms with E-state index < -0.39 is 17.5 Å². The fraction of sp³-hybridized carbons (Fsp3) is 0.250. The second-order valence-corrected chi connectivity index (χ2v) is 8.35. The van der Waals surface area contributed by atoms with E-state index in [0.717, 1.165) is 6.42 Å². The summed E-state index contributed by atoms with van der Waals surface area (Å²) in [5.41, 5.74) is 7.25. The van der Waals surface area contributed by atoms with Crippen LogP contribution >= 0.6 is 0 Å². The number of aryl methyl sites for hydroxylation is 1. The Bertz CT molecular complexity index is 1440. The molecule has 1 aliphatic rings. The minimum absolute atomic E-state index is 0.00719. The normalized spacial score (nSPS) is 15.6. The van der Waals surface area contributed by atoms with E-state index in [1.54, 1.807) is 19.3 Å². The molecule has 0 bridgehead atoms. The number of carbonyl (C=O) groups is 1. The molecule has 0 unspecified atom stereocenters. The van der Waals surface area contributed by atoms with Crippen molar-refractivity contribution >= 4 is 28.2 Å². The Morgan fingerprint density at radius 2 is 2.09 bits per heavy atom. The summed E-state index contributed by atoms with van der Waals surface area (Å²) in [5.74, 6) is -1.52. The molecule has 1 atom stereocenters. The number of halogens is 2. The Kier molecular flexibility index (Phi) is 5.77. The minimum atomic E-state index is -0.601. The highest BCUT2D eigenvalue weighted by Crippen LogP contribution is 2.38. The summed E-state index contributed by atoms with van der Waals surface area (Å²) in [6, 6.07) is 6.95. The molecule has 1 fully saturated rings. The molecule has 0 aliphatic carbocycles. The van der Waals surface area contributed by atoms with Crippen molar-refractivity contribution < 1.29 is 18.3 Å². The van der Waals surface area contributed by atoms with Gasteiger partial charge in [0.25, 0.3) is 5.91 Å². The van der Waals surface area contributed by atoms with Gasteiger partial charge in [-0.1, -0.05) is 6.07 Å². The molecule has 3 heterocycles. The number of nitrogens with one attached hydrogen (secondary N) is 1. The van der Waals surface area contributed by atoms with Gasteiger partial charge in [-0.25, -0.2) is 18.7 Å². The summed E-state index contributed by atoms with van der Waals surface area (Å²) >= 11 is 0. The van der Waals surface area contributed by atoms with Crippen molar-refractivity contribution in [2.24, 2.45) is 12.8 Å². The number of rotatable bonds is 5. The van der Waals surface area contributed by atoms with Crippen molar-refractivity contribution in [3.05, 3.63) is 60.1 Å². The highest BCUT2D eigenvalue weighted by Gasteiger charge is 2.27. The van der Waals surface area contributed by atoms with Crippen LogP contribution in [0.4, 0.5) is 20.2 Å². The van der Waals surface area contributed by atoms with Crippen molar-refractivity contribution in [3.8, 4) is 17.1 Å². The molecule has 1 saturated heterocycles. The van der Waals surface area contributed by atoms with Crippen LogP contribution in [0.2, 0.25) is 0 Å². The molecule has 0 radical (unpaired) electrons. The number of ether oxygens (including phenoxy) is 1. The molecule has 0 spiro atoms. The van der Waals surface area contributed by atoms with Crippen LogP contribution < -0.4 is 20.7 Å². The molecule has 4 aromatic rings. The Morgan fingerprint density at radius 3 is 2.83 bits per heavy atom. The zero-order chi connectivity index (χ0) is 24.7. The van der Waals surface area contributed by atoms with Crippen LogP contribution in [0.1, 0.15) is 16.9 Å². The van der Waals surface area contributed by atoms with Crippen LogP contribution in [0.3, 0.4) is 0 Å². The number of hydrogen-bond donors (Lipinski definition) is 2. The Hall–Kier alpha value is -4.12. The van der Waals surface area contributed by atoms with E-state index in [9.17, 15) is 13.6 Å². The number of methoxy groups -OCH3 is 1. The Morgan fingerprint density at radius 1 is 1.26 bits per heavy atom. The highest BCUT2D eigenvalue weighted by molar-refractivity contribution is 6.09. The fourth-order valence-corrected chi connectivity index (χ4v) is 4.36. The van der Waals surface area contributed by atoms with E-state index >= 15 is 0 Å². The molecular formula is C24H23F2N7O2. The van der Waals surface area contributed by atoms with E-state index in [4.69, 9.17) is 10.5 Å². The first-order chi connectivity index (χ1) is 16.9. The van der Waals surface area contributed by atoms with E-state index in [2.05, 4.69) is 20.4 Å². The first-order valence-electron chi connectivity index (χ1n) is 11.0. The predicted octanol–water partition coefficient (Wildman–Crippen LogP) is 3.11. The summed E-state index contributed by atoms with van der Waals surface area (Å²) < 4.78 is 36.2. The lowest BCUT2D eigenvalue weighted by Crippen LogP contribution is -2.27. The highest BCUT2D eigenvalue weighted by atomic mass is 19.1. The van der Waals surface area contributed by atoms with E-state index in [1.807, 2.05) is 4.90 Å². The van der Waals surface area contributed by atoms with Gasteiger partial charge in [-0.2, -0.15) is 5.10 Å². The molecule has 9 nitrogen and oxygen atoms in total. The summed E-state index contributed by atoms with van der Waals surface area (Å²) in [7, 11) is 3.11. The standard InChI is InChI=1S/C24H23F2N7O2/c1-32-12-14-21(31-32)16(26)10-18(22(14)33-9-7-13(27)11-33)30-24(34)17-6-8-28-23(29-17)20-15(25)4-3-5-19(20)35-2/h3-6,8,10,12-13H,7,9,11,27H2,1-2H3,(H,30,34)/t13-/m1/s1. The Balaban J connectivity index is 1.54. The van der Waals surface area contributed by atoms with Crippen LogP contribution in [0.5, 0.6) is 5.75 Å². The van der Waals surface area contributed by atoms with Gasteiger partial charge < -0.3 is 20.7 Å². The quantitative estimate of drug-likeness (QED) is 0.452.